The molecule has 144 valence electrons. The first-order valence-electron chi connectivity index (χ1n) is 9.35. The fourth-order valence-corrected chi connectivity index (χ4v) is 3.39. The van der Waals surface area contributed by atoms with E-state index in [2.05, 4.69) is 20.7 Å². The van der Waals surface area contributed by atoms with Gasteiger partial charge in [0.05, 0.1) is 19.3 Å². The summed E-state index contributed by atoms with van der Waals surface area (Å²) in [7, 11) is 1.63. The summed E-state index contributed by atoms with van der Waals surface area (Å²) < 4.78 is 7.08. The van der Waals surface area contributed by atoms with Gasteiger partial charge in [0.1, 0.15) is 5.75 Å². The summed E-state index contributed by atoms with van der Waals surface area (Å²) in [5.41, 5.74) is 4.52. The number of pyridine rings is 1. The molecule has 1 aliphatic rings. The second-order valence-electron chi connectivity index (χ2n) is 6.71. The number of carbonyl (C=O) groups excluding carboxylic acids is 1. The minimum Gasteiger partial charge on any atom is -0.497 e. The topological polar surface area (TPSA) is 81.1 Å². The van der Waals surface area contributed by atoms with Gasteiger partial charge >= 0.3 is 0 Å². The molecule has 3 aromatic rings. The van der Waals surface area contributed by atoms with Gasteiger partial charge in [-0.1, -0.05) is 18.2 Å². The van der Waals surface area contributed by atoms with Crippen LogP contribution in [0, 0.1) is 0 Å². The molecule has 7 heteroatoms. The number of hydrogen-bond donors (Lipinski definition) is 2. The molecule has 0 saturated heterocycles. The lowest BCUT2D eigenvalue weighted by Gasteiger charge is -2.15. The van der Waals surface area contributed by atoms with Crippen LogP contribution in [0.2, 0.25) is 0 Å². The maximum absolute atomic E-state index is 12.8. The summed E-state index contributed by atoms with van der Waals surface area (Å²) in [6.45, 7) is 2.55. The van der Waals surface area contributed by atoms with Crippen molar-refractivity contribution < 1.29 is 9.53 Å². The van der Waals surface area contributed by atoms with Gasteiger partial charge in [-0.15, -0.1) is 0 Å². The molecule has 0 atom stereocenters. The highest BCUT2D eigenvalue weighted by atomic mass is 16.5. The molecular weight excluding hydrogens is 354 g/mol. The molecule has 0 bridgehead atoms. The van der Waals surface area contributed by atoms with Crippen molar-refractivity contribution in [2.24, 2.45) is 0 Å². The third kappa shape index (κ3) is 3.89. The van der Waals surface area contributed by atoms with E-state index in [4.69, 9.17) is 4.74 Å². The standard InChI is InChI=1S/C21H23N5O2/c1-28-17-7-5-15(6-8-17)12-24-21(27)20-18-13-22-11-9-19(18)26(25-20)14-16-4-2-3-10-23-16/h2-8,10,22H,9,11-14H2,1H3,(H,24,27). The Morgan fingerprint density at radius 2 is 2.11 bits per heavy atom. The van der Waals surface area contributed by atoms with E-state index in [0.29, 0.717) is 25.3 Å². The van der Waals surface area contributed by atoms with Crippen LogP contribution in [0.15, 0.2) is 48.7 Å². The quantitative estimate of drug-likeness (QED) is 0.686. The molecule has 1 aliphatic heterocycles. The van der Waals surface area contributed by atoms with Crippen LogP contribution in [-0.2, 0) is 26.1 Å². The van der Waals surface area contributed by atoms with Gasteiger partial charge in [0, 0.05) is 43.5 Å². The zero-order chi connectivity index (χ0) is 19.3. The van der Waals surface area contributed by atoms with Gasteiger partial charge in [-0.2, -0.15) is 5.10 Å². The summed E-state index contributed by atoms with van der Waals surface area (Å²) in [6, 6.07) is 13.5. The molecule has 28 heavy (non-hydrogen) atoms. The van der Waals surface area contributed by atoms with Crippen molar-refractivity contribution in [2.75, 3.05) is 13.7 Å². The van der Waals surface area contributed by atoms with Crippen molar-refractivity contribution in [3.63, 3.8) is 0 Å². The number of hydrogen-bond acceptors (Lipinski definition) is 5. The highest BCUT2D eigenvalue weighted by Crippen LogP contribution is 2.20. The lowest BCUT2D eigenvalue weighted by Crippen LogP contribution is -2.28. The van der Waals surface area contributed by atoms with Crippen molar-refractivity contribution in [3.8, 4) is 5.75 Å². The van der Waals surface area contributed by atoms with E-state index in [-0.39, 0.29) is 5.91 Å². The Balaban J connectivity index is 1.52. The van der Waals surface area contributed by atoms with E-state index in [1.807, 2.05) is 47.1 Å². The second kappa shape index (κ2) is 8.22. The molecule has 0 aliphatic carbocycles. The van der Waals surface area contributed by atoms with Crippen molar-refractivity contribution >= 4 is 5.91 Å². The molecule has 2 N–H and O–H groups in total. The largest absolute Gasteiger partial charge is 0.497 e. The number of nitrogens with zero attached hydrogens (tertiary/aromatic N) is 3. The van der Waals surface area contributed by atoms with Gasteiger partial charge < -0.3 is 15.4 Å². The molecule has 2 aromatic heterocycles. The van der Waals surface area contributed by atoms with Gasteiger partial charge in [-0.05, 0) is 29.8 Å². The Kier molecular flexibility index (Phi) is 5.34. The Morgan fingerprint density at radius 3 is 2.86 bits per heavy atom. The summed E-state index contributed by atoms with van der Waals surface area (Å²) in [5, 5.41) is 10.9. The molecule has 0 saturated carbocycles. The summed E-state index contributed by atoms with van der Waals surface area (Å²) >= 11 is 0. The lowest BCUT2D eigenvalue weighted by molar-refractivity contribution is 0.0944. The zero-order valence-corrected chi connectivity index (χ0v) is 15.8. The maximum Gasteiger partial charge on any atom is 0.272 e. The molecule has 0 radical (unpaired) electrons. The Morgan fingerprint density at radius 1 is 1.25 bits per heavy atom. The maximum atomic E-state index is 12.8. The van der Waals surface area contributed by atoms with Crippen LogP contribution >= 0.6 is 0 Å². The first kappa shape index (κ1) is 18.2. The summed E-state index contributed by atoms with van der Waals surface area (Å²) in [4.78, 5) is 17.2. The zero-order valence-electron chi connectivity index (χ0n) is 15.8. The monoisotopic (exact) mass is 377 g/mol. The molecule has 0 fully saturated rings. The van der Waals surface area contributed by atoms with Crippen molar-refractivity contribution in [1.29, 1.82) is 0 Å². The third-order valence-corrected chi connectivity index (χ3v) is 4.87. The SMILES string of the molecule is COc1ccc(CNC(=O)c2nn(Cc3ccccn3)c3c2CNCC3)cc1. The summed E-state index contributed by atoms with van der Waals surface area (Å²) in [5.74, 6) is 0.638. The van der Waals surface area contributed by atoms with Gasteiger partial charge in [0.2, 0.25) is 0 Å². The van der Waals surface area contributed by atoms with Crippen LogP contribution in [0.3, 0.4) is 0 Å². The number of ether oxygens (including phenoxy) is 1. The number of fused-ring (bicyclic) bond motifs is 1. The Hall–Kier alpha value is -3.19. The molecule has 1 amide bonds. The smallest absolute Gasteiger partial charge is 0.272 e. The number of methoxy groups -OCH3 is 1. The fourth-order valence-electron chi connectivity index (χ4n) is 3.39. The second-order valence-corrected chi connectivity index (χ2v) is 6.71. The molecule has 4 rings (SSSR count). The minimum atomic E-state index is -0.157. The van der Waals surface area contributed by atoms with Gasteiger partial charge in [0.15, 0.2) is 5.69 Å². The van der Waals surface area contributed by atoms with E-state index in [1.54, 1.807) is 13.3 Å². The Labute approximate surface area is 163 Å². The highest BCUT2D eigenvalue weighted by Gasteiger charge is 2.24. The number of rotatable bonds is 6. The number of nitrogens with one attached hydrogen (secondary N) is 2. The fraction of sp³-hybridized carbons (Fsp3) is 0.286. The van der Waals surface area contributed by atoms with E-state index >= 15 is 0 Å². The van der Waals surface area contributed by atoms with Gasteiger partial charge in [-0.3, -0.25) is 14.5 Å². The van der Waals surface area contributed by atoms with Crippen LogP contribution in [0.5, 0.6) is 5.75 Å². The average Bonchev–Trinajstić information content (AvgIpc) is 3.12. The molecule has 3 heterocycles. The first-order valence-corrected chi connectivity index (χ1v) is 9.35. The molecule has 0 spiro atoms. The number of benzene rings is 1. The lowest BCUT2D eigenvalue weighted by atomic mass is 10.1. The molecule has 1 aromatic carbocycles. The predicted octanol–water partition coefficient (Wildman–Crippen LogP) is 1.91. The summed E-state index contributed by atoms with van der Waals surface area (Å²) in [6.07, 6.45) is 2.62. The van der Waals surface area contributed by atoms with E-state index in [1.165, 1.54) is 0 Å². The van der Waals surface area contributed by atoms with Crippen LogP contribution < -0.4 is 15.4 Å². The van der Waals surface area contributed by atoms with E-state index in [0.717, 1.165) is 41.2 Å². The number of carbonyl (C=O) groups is 1. The first-order chi connectivity index (χ1) is 13.7. The predicted molar refractivity (Wildman–Crippen MR) is 105 cm³/mol. The van der Waals surface area contributed by atoms with E-state index in [9.17, 15) is 4.79 Å². The molecule has 7 nitrogen and oxygen atoms in total. The highest BCUT2D eigenvalue weighted by molar-refractivity contribution is 5.94. The van der Waals surface area contributed by atoms with Crippen molar-refractivity contribution in [2.45, 2.75) is 26.1 Å². The van der Waals surface area contributed by atoms with Crippen LogP contribution in [-0.4, -0.2) is 34.3 Å². The van der Waals surface area contributed by atoms with Gasteiger partial charge in [-0.25, -0.2) is 0 Å². The molecular formula is C21H23N5O2. The third-order valence-electron chi connectivity index (χ3n) is 4.87. The minimum absolute atomic E-state index is 0.157. The van der Waals surface area contributed by atoms with E-state index < -0.39 is 0 Å². The normalized spacial score (nSPS) is 13.0. The van der Waals surface area contributed by atoms with Crippen molar-refractivity contribution in [3.05, 3.63) is 76.9 Å². The van der Waals surface area contributed by atoms with Crippen LogP contribution in [0.25, 0.3) is 0 Å². The molecule has 0 unspecified atom stereocenters. The average molecular weight is 377 g/mol. The van der Waals surface area contributed by atoms with Crippen molar-refractivity contribution in [1.82, 2.24) is 25.4 Å². The van der Waals surface area contributed by atoms with Crippen LogP contribution in [0.1, 0.15) is 33.0 Å². The number of amides is 1. The number of aromatic nitrogens is 3. The van der Waals surface area contributed by atoms with Crippen LogP contribution in [0.4, 0.5) is 0 Å². The van der Waals surface area contributed by atoms with Gasteiger partial charge in [0.25, 0.3) is 5.91 Å². The Bertz CT molecular complexity index is 951.